The molecule has 0 saturated heterocycles. The van der Waals surface area contributed by atoms with Gasteiger partial charge in [0.1, 0.15) is 0 Å². The summed E-state index contributed by atoms with van der Waals surface area (Å²) in [4.78, 5) is 17.4. The van der Waals surface area contributed by atoms with Gasteiger partial charge in [-0.05, 0) is 0 Å². The minimum absolute atomic E-state index is 0. The van der Waals surface area contributed by atoms with Crippen LogP contribution in [0.2, 0.25) is 0 Å². The van der Waals surface area contributed by atoms with E-state index in [9.17, 15) is 9.13 Å². The van der Waals surface area contributed by atoms with Crippen molar-refractivity contribution in [3.8, 4) is 0 Å². The molecule has 0 radical (unpaired) electrons. The van der Waals surface area contributed by atoms with Crippen LogP contribution in [0.4, 0.5) is 0 Å². The van der Waals surface area contributed by atoms with Gasteiger partial charge >= 0.3 is 0 Å². The lowest BCUT2D eigenvalue weighted by Gasteiger charge is -2.01. The largest absolute Gasteiger partial charge is 0.412 e. The summed E-state index contributed by atoms with van der Waals surface area (Å²) in [5, 5.41) is 0. The third-order valence-corrected chi connectivity index (χ3v) is 5.93. The third kappa shape index (κ3) is 14.3. The molecule has 0 bridgehead atoms. The Kier molecular flexibility index (Phi) is 13.2. The molecule has 0 aromatic rings. The van der Waals surface area contributed by atoms with E-state index < -0.39 is 14.7 Å². The van der Waals surface area contributed by atoms with Gasteiger partial charge in [0.25, 0.3) is 0 Å². The molecule has 0 atom stereocenters. The lowest BCUT2D eigenvalue weighted by atomic mass is 11.0. The van der Waals surface area contributed by atoms with Gasteiger partial charge in [0.15, 0.2) is 14.7 Å². The van der Waals surface area contributed by atoms with E-state index in [1.54, 1.807) is 27.7 Å². The molecule has 4 N–H and O–H groups in total. The summed E-state index contributed by atoms with van der Waals surface area (Å²) in [7, 11) is -5.31. The monoisotopic (exact) mass is 262 g/mol. The second kappa shape index (κ2) is 9.56. The standard InChI is InChI=1S/2C4H11O2P.H2O/c2*1-3-7(5,6)4-2;/h2*3-4H2,1-2H3,(H,5,6);1H2. The Morgan fingerprint density at radius 2 is 0.867 bits per heavy atom. The van der Waals surface area contributed by atoms with Crippen molar-refractivity contribution in [1.29, 1.82) is 0 Å². The minimum Gasteiger partial charge on any atom is -0.412 e. The zero-order valence-corrected chi connectivity index (χ0v) is 11.7. The van der Waals surface area contributed by atoms with Crippen molar-refractivity contribution in [2.24, 2.45) is 0 Å². The first-order valence-corrected chi connectivity index (χ1v) is 8.92. The first kappa shape index (κ1) is 20.7. The normalized spacial score (nSPS) is 11.1. The highest BCUT2D eigenvalue weighted by atomic mass is 31.2. The van der Waals surface area contributed by atoms with Gasteiger partial charge in [-0.2, -0.15) is 0 Å². The van der Waals surface area contributed by atoms with Gasteiger partial charge in [0.05, 0.1) is 0 Å². The molecule has 5 nitrogen and oxygen atoms in total. The van der Waals surface area contributed by atoms with Crippen LogP contribution >= 0.6 is 14.7 Å². The summed E-state index contributed by atoms with van der Waals surface area (Å²) in [6.07, 6.45) is 1.62. The van der Waals surface area contributed by atoms with Gasteiger partial charge in [-0.3, -0.25) is 9.13 Å². The summed E-state index contributed by atoms with van der Waals surface area (Å²) in [5.74, 6) is 0. The Morgan fingerprint density at radius 1 is 0.733 bits per heavy atom. The number of hydrogen-bond donors (Lipinski definition) is 2. The van der Waals surface area contributed by atoms with Crippen LogP contribution in [0, 0.1) is 0 Å². The maximum Gasteiger partial charge on any atom is 0.200 e. The van der Waals surface area contributed by atoms with Gasteiger partial charge in [0.2, 0.25) is 0 Å². The van der Waals surface area contributed by atoms with Crippen LogP contribution in [0.5, 0.6) is 0 Å². The van der Waals surface area contributed by atoms with E-state index in [0.717, 1.165) is 0 Å². The fourth-order valence-electron chi connectivity index (χ4n) is 0.447. The third-order valence-electron chi connectivity index (χ3n) is 1.98. The summed E-state index contributed by atoms with van der Waals surface area (Å²) in [5.41, 5.74) is 0. The molecule has 0 aromatic carbocycles. The molecule has 0 aliphatic heterocycles. The molecule has 0 aliphatic carbocycles. The number of hydrogen-bond acceptors (Lipinski definition) is 2. The van der Waals surface area contributed by atoms with E-state index in [0.29, 0.717) is 24.6 Å². The van der Waals surface area contributed by atoms with Crippen LogP contribution in [0.15, 0.2) is 0 Å². The highest BCUT2D eigenvalue weighted by Gasteiger charge is 2.09. The summed E-state index contributed by atoms with van der Waals surface area (Å²) < 4.78 is 21.0. The topological polar surface area (TPSA) is 106 Å². The van der Waals surface area contributed by atoms with E-state index in [1.165, 1.54) is 0 Å². The number of rotatable bonds is 4. The summed E-state index contributed by atoms with van der Waals surface area (Å²) in [6.45, 7) is 6.91. The predicted molar refractivity (Wildman–Crippen MR) is 65.4 cm³/mol. The van der Waals surface area contributed by atoms with E-state index in [1.807, 2.05) is 0 Å². The van der Waals surface area contributed by atoms with Gasteiger partial charge in [-0.1, -0.05) is 27.7 Å². The van der Waals surface area contributed by atoms with Crippen molar-refractivity contribution in [1.82, 2.24) is 0 Å². The smallest absolute Gasteiger partial charge is 0.200 e. The Labute approximate surface area is 92.1 Å². The maximum absolute atomic E-state index is 10.5. The zero-order valence-electron chi connectivity index (χ0n) is 9.93. The van der Waals surface area contributed by atoms with E-state index in [2.05, 4.69) is 0 Å². The molecule has 7 heteroatoms. The Balaban J connectivity index is -0.000000180. The molecule has 0 aromatic heterocycles. The van der Waals surface area contributed by atoms with Crippen LogP contribution in [0.3, 0.4) is 0 Å². The van der Waals surface area contributed by atoms with Crippen molar-refractivity contribution < 1.29 is 24.4 Å². The Bertz CT molecular complexity index is 189. The molecular formula is C8H24O5P2. The van der Waals surface area contributed by atoms with Crippen LogP contribution in [0.1, 0.15) is 27.7 Å². The van der Waals surface area contributed by atoms with Gasteiger partial charge in [-0.25, -0.2) is 0 Å². The SMILES string of the molecule is CCP(=O)(O)CC.CCP(=O)(O)CC.O. The molecule has 0 heterocycles. The van der Waals surface area contributed by atoms with E-state index in [4.69, 9.17) is 9.79 Å². The highest BCUT2D eigenvalue weighted by Crippen LogP contribution is 2.38. The van der Waals surface area contributed by atoms with E-state index >= 15 is 0 Å². The maximum atomic E-state index is 10.5. The molecule has 96 valence electrons. The minimum atomic E-state index is -2.65. The second-order valence-electron chi connectivity index (χ2n) is 2.96. The fourth-order valence-corrected chi connectivity index (χ4v) is 1.34. The molecule has 0 saturated carbocycles. The van der Waals surface area contributed by atoms with Crippen molar-refractivity contribution >= 4 is 14.7 Å². The van der Waals surface area contributed by atoms with Crippen LogP contribution in [-0.2, 0) is 9.13 Å². The zero-order chi connectivity index (χ0) is 11.8. The van der Waals surface area contributed by atoms with Crippen LogP contribution < -0.4 is 0 Å². The van der Waals surface area contributed by atoms with Crippen molar-refractivity contribution in [2.45, 2.75) is 27.7 Å². The fraction of sp³-hybridized carbons (Fsp3) is 1.00. The molecule has 0 spiro atoms. The van der Waals surface area contributed by atoms with Crippen molar-refractivity contribution in [3.63, 3.8) is 0 Å². The molecule has 0 rings (SSSR count). The molecule has 0 amide bonds. The lowest BCUT2D eigenvalue weighted by molar-refractivity contribution is 0.479. The van der Waals surface area contributed by atoms with Gasteiger partial charge < -0.3 is 15.3 Å². The highest BCUT2D eigenvalue weighted by molar-refractivity contribution is 7.58. The van der Waals surface area contributed by atoms with Gasteiger partial charge in [-0.15, -0.1) is 0 Å². The lowest BCUT2D eigenvalue weighted by Crippen LogP contribution is -1.84. The quantitative estimate of drug-likeness (QED) is 0.753. The Hall–Kier alpha value is 0.340. The first-order chi connectivity index (χ1) is 6.24. The molecular weight excluding hydrogens is 238 g/mol. The molecule has 0 fully saturated rings. The predicted octanol–water partition coefficient (Wildman–Crippen LogP) is 1.77. The first-order valence-electron chi connectivity index (χ1n) is 4.86. The van der Waals surface area contributed by atoms with Crippen molar-refractivity contribution in [3.05, 3.63) is 0 Å². The summed E-state index contributed by atoms with van der Waals surface area (Å²) >= 11 is 0. The summed E-state index contributed by atoms with van der Waals surface area (Å²) in [6, 6.07) is 0. The molecule has 0 aliphatic rings. The average molecular weight is 262 g/mol. The van der Waals surface area contributed by atoms with E-state index in [-0.39, 0.29) is 5.48 Å². The average Bonchev–Trinajstić information content (AvgIpc) is 2.19. The van der Waals surface area contributed by atoms with Crippen molar-refractivity contribution in [2.75, 3.05) is 24.6 Å². The van der Waals surface area contributed by atoms with Crippen LogP contribution in [0.25, 0.3) is 0 Å². The second-order valence-corrected chi connectivity index (χ2v) is 8.87. The Morgan fingerprint density at radius 3 is 0.867 bits per heavy atom. The molecule has 15 heavy (non-hydrogen) atoms. The van der Waals surface area contributed by atoms with Crippen LogP contribution in [-0.4, -0.2) is 39.9 Å². The van der Waals surface area contributed by atoms with Gasteiger partial charge in [0, 0.05) is 24.6 Å². The molecule has 0 unspecified atom stereocenters.